The van der Waals surface area contributed by atoms with Crippen LogP contribution in [0.5, 0.6) is 5.75 Å². The van der Waals surface area contributed by atoms with Gasteiger partial charge in [0.15, 0.2) is 0 Å². The van der Waals surface area contributed by atoms with E-state index in [9.17, 15) is 8.42 Å². The lowest BCUT2D eigenvalue weighted by molar-refractivity contribution is 0.385. The Bertz CT molecular complexity index is 1010. The highest BCUT2D eigenvalue weighted by atomic mass is 32.2. The predicted molar refractivity (Wildman–Crippen MR) is 110 cm³/mol. The van der Waals surface area contributed by atoms with E-state index in [0.29, 0.717) is 24.4 Å². The Labute approximate surface area is 166 Å². The van der Waals surface area contributed by atoms with Crippen LogP contribution in [0.4, 0.5) is 0 Å². The molecule has 0 aliphatic heterocycles. The van der Waals surface area contributed by atoms with Crippen LogP contribution in [-0.4, -0.2) is 31.4 Å². The van der Waals surface area contributed by atoms with E-state index in [1.165, 1.54) is 11.4 Å². The van der Waals surface area contributed by atoms with Gasteiger partial charge in [-0.3, -0.25) is 4.98 Å². The minimum atomic E-state index is -3.77. The Morgan fingerprint density at radius 2 is 1.75 bits per heavy atom. The van der Waals surface area contributed by atoms with Gasteiger partial charge in [-0.1, -0.05) is 42.5 Å². The maximum Gasteiger partial charge on any atom is 0.247 e. The minimum Gasteiger partial charge on any atom is -0.495 e. The maximum atomic E-state index is 13.5. The molecule has 0 spiro atoms. The molecule has 0 fully saturated rings. The average Bonchev–Trinajstić information content (AvgIpc) is 2.72. The lowest BCUT2D eigenvalue weighted by atomic mass is 10.1. The molecule has 0 aliphatic carbocycles. The number of nitrogens with zero attached hydrogens (tertiary/aromatic N) is 2. The van der Waals surface area contributed by atoms with E-state index in [-0.39, 0.29) is 11.4 Å². The maximum absolute atomic E-state index is 13.5. The van der Waals surface area contributed by atoms with Crippen molar-refractivity contribution in [2.75, 3.05) is 13.7 Å². The summed E-state index contributed by atoms with van der Waals surface area (Å²) in [6, 6.07) is 20.5. The predicted octanol–water partition coefficient (Wildman–Crippen LogP) is 3.83. The van der Waals surface area contributed by atoms with Crippen molar-refractivity contribution < 1.29 is 13.2 Å². The van der Waals surface area contributed by atoms with E-state index >= 15 is 0 Å². The van der Waals surface area contributed by atoms with Crippen LogP contribution in [0.25, 0.3) is 0 Å². The summed E-state index contributed by atoms with van der Waals surface area (Å²) in [5.41, 5.74) is 2.64. The van der Waals surface area contributed by atoms with Crippen molar-refractivity contribution in [3.8, 4) is 5.75 Å². The van der Waals surface area contributed by atoms with Crippen LogP contribution in [0.1, 0.15) is 16.8 Å². The molecule has 146 valence electrons. The molecule has 1 heterocycles. The van der Waals surface area contributed by atoms with Crippen molar-refractivity contribution >= 4 is 10.0 Å². The summed E-state index contributed by atoms with van der Waals surface area (Å²) in [5.74, 6) is 0.344. The highest BCUT2D eigenvalue weighted by Crippen LogP contribution is 2.28. The molecule has 0 unspecified atom stereocenters. The van der Waals surface area contributed by atoms with E-state index in [1.54, 1.807) is 18.3 Å². The Balaban J connectivity index is 1.95. The number of aryl methyl sites for hydroxylation is 1. The molecule has 0 saturated heterocycles. The number of benzene rings is 2. The molecule has 0 saturated carbocycles. The quantitative estimate of drug-likeness (QED) is 0.581. The fraction of sp³-hybridized carbons (Fsp3) is 0.227. The third kappa shape index (κ3) is 4.77. The molecule has 2 aromatic carbocycles. The van der Waals surface area contributed by atoms with Crippen molar-refractivity contribution in [2.45, 2.75) is 24.8 Å². The molecule has 0 bridgehead atoms. The molecule has 28 heavy (non-hydrogen) atoms. The molecule has 6 heteroatoms. The molecule has 3 aromatic rings. The summed E-state index contributed by atoms with van der Waals surface area (Å²) in [4.78, 5) is 4.48. The largest absolute Gasteiger partial charge is 0.495 e. The summed E-state index contributed by atoms with van der Waals surface area (Å²) in [7, 11) is -2.28. The average molecular weight is 397 g/mol. The van der Waals surface area contributed by atoms with Crippen LogP contribution in [-0.2, 0) is 23.0 Å². The summed E-state index contributed by atoms with van der Waals surface area (Å²) in [5, 5.41) is 0. The fourth-order valence-electron chi connectivity index (χ4n) is 2.98. The summed E-state index contributed by atoms with van der Waals surface area (Å²) >= 11 is 0. The summed E-state index contributed by atoms with van der Waals surface area (Å²) in [6.07, 6.45) is 2.28. The van der Waals surface area contributed by atoms with E-state index in [2.05, 4.69) is 4.98 Å². The lowest BCUT2D eigenvalue weighted by Crippen LogP contribution is -2.33. The fourth-order valence-corrected chi connectivity index (χ4v) is 4.63. The molecule has 1 aromatic heterocycles. The standard InChI is InChI=1S/C22H24N2O3S/c1-18-11-12-21(27-2)22(16-18)28(25,26)24(17-20-10-6-7-14-23-20)15-13-19-8-4-3-5-9-19/h3-12,14,16H,13,15,17H2,1-2H3. The van der Waals surface area contributed by atoms with Gasteiger partial charge in [0.25, 0.3) is 0 Å². The zero-order chi connectivity index (χ0) is 20.0. The van der Waals surface area contributed by atoms with Crippen LogP contribution in [0.15, 0.2) is 77.8 Å². The van der Waals surface area contributed by atoms with Gasteiger partial charge in [-0.25, -0.2) is 8.42 Å². The van der Waals surface area contributed by atoms with Crippen LogP contribution in [0, 0.1) is 6.92 Å². The van der Waals surface area contributed by atoms with E-state index in [4.69, 9.17) is 4.74 Å². The van der Waals surface area contributed by atoms with Gasteiger partial charge in [0.2, 0.25) is 10.0 Å². The van der Waals surface area contributed by atoms with Crippen molar-refractivity contribution in [3.05, 3.63) is 89.7 Å². The van der Waals surface area contributed by atoms with E-state index in [1.807, 2.05) is 61.5 Å². The second-order valence-corrected chi connectivity index (χ2v) is 8.46. The number of hydrogen-bond donors (Lipinski definition) is 0. The Morgan fingerprint density at radius 1 is 1.00 bits per heavy atom. The molecule has 0 amide bonds. The van der Waals surface area contributed by atoms with Crippen LogP contribution in [0.3, 0.4) is 0 Å². The van der Waals surface area contributed by atoms with Crippen LogP contribution >= 0.6 is 0 Å². The van der Waals surface area contributed by atoms with Gasteiger partial charge in [-0.2, -0.15) is 4.31 Å². The summed E-state index contributed by atoms with van der Waals surface area (Å²) < 4.78 is 33.8. The first-order valence-electron chi connectivity index (χ1n) is 9.09. The Morgan fingerprint density at radius 3 is 2.43 bits per heavy atom. The first-order chi connectivity index (χ1) is 13.5. The highest BCUT2D eigenvalue weighted by Gasteiger charge is 2.28. The number of methoxy groups -OCH3 is 1. The molecule has 0 aliphatic rings. The molecular weight excluding hydrogens is 372 g/mol. The van der Waals surface area contributed by atoms with E-state index < -0.39 is 10.0 Å². The first kappa shape index (κ1) is 20.0. The van der Waals surface area contributed by atoms with Crippen molar-refractivity contribution in [3.63, 3.8) is 0 Å². The third-order valence-electron chi connectivity index (χ3n) is 4.49. The van der Waals surface area contributed by atoms with Gasteiger partial charge >= 0.3 is 0 Å². The number of sulfonamides is 1. The molecule has 5 nitrogen and oxygen atoms in total. The van der Waals surface area contributed by atoms with Crippen molar-refractivity contribution in [2.24, 2.45) is 0 Å². The highest BCUT2D eigenvalue weighted by molar-refractivity contribution is 7.89. The lowest BCUT2D eigenvalue weighted by Gasteiger charge is -2.23. The van der Waals surface area contributed by atoms with Crippen LogP contribution in [0.2, 0.25) is 0 Å². The number of hydrogen-bond acceptors (Lipinski definition) is 4. The van der Waals surface area contributed by atoms with Gasteiger partial charge in [-0.05, 0) is 48.7 Å². The number of rotatable bonds is 8. The molecular formula is C22H24N2O3S. The van der Waals surface area contributed by atoms with Crippen molar-refractivity contribution in [1.82, 2.24) is 9.29 Å². The first-order valence-corrected chi connectivity index (χ1v) is 10.5. The van der Waals surface area contributed by atoms with Gasteiger partial charge in [-0.15, -0.1) is 0 Å². The molecule has 0 atom stereocenters. The summed E-state index contributed by atoms with van der Waals surface area (Å²) in [6.45, 7) is 2.42. The number of ether oxygens (including phenoxy) is 1. The molecule has 3 rings (SSSR count). The third-order valence-corrected chi connectivity index (χ3v) is 6.36. The number of pyridine rings is 1. The van der Waals surface area contributed by atoms with E-state index in [0.717, 1.165) is 11.1 Å². The van der Waals surface area contributed by atoms with Crippen molar-refractivity contribution in [1.29, 1.82) is 0 Å². The second-order valence-electron chi connectivity index (χ2n) is 6.55. The van der Waals surface area contributed by atoms with Crippen LogP contribution < -0.4 is 4.74 Å². The van der Waals surface area contributed by atoms with Gasteiger partial charge < -0.3 is 4.74 Å². The van der Waals surface area contributed by atoms with Gasteiger partial charge in [0.05, 0.1) is 19.3 Å². The second kappa shape index (κ2) is 8.99. The molecule has 0 N–H and O–H groups in total. The monoisotopic (exact) mass is 396 g/mol. The smallest absolute Gasteiger partial charge is 0.247 e. The Hall–Kier alpha value is -2.70. The topological polar surface area (TPSA) is 59.5 Å². The zero-order valence-electron chi connectivity index (χ0n) is 16.1. The molecule has 0 radical (unpaired) electrons. The van der Waals surface area contributed by atoms with Gasteiger partial charge in [0.1, 0.15) is 10.6 Å². The SMILES string of the molecule is COc1ccc(C)cc1S(=O)(=O)N(CCc1ccccc1)Cc1ccccn1. The normalized spacial score (nSPS) is 11.5. The van der Waals surface area contributed by atoms with Gasteiger partial charge in [0, 0.05) is 12.7 Å². The zero-order valence-corrected chi connectivity index (χ0v) is 16.9. The minimum absolute atomic E-state index is 0.180. The Kier molecular flexibility index (Phi) is 6.44. The number of aromatic nitrogens is 1.